The van der Waals surface area contributed by atoms with Crippen LogP contribution in [0.1, 0.15) is 17.8 Å². The molecule has 102 valence electrons. The summed E-state index contributed by atoms with van der Waals surface area (Å²) in [6, 6.07) is 16.8. The largest absolute Gasteiger partial charge is 0.377 e. The van der Waals surface area contributed by atoms with Gasteiger partial charge in [-0.25, -0.2) is 0 Å². The summed E-state index contributed by atoms with van der Waals surface area (Å²) in [5.74, 6) is 0. The first-order valence-electron chi connectivity index (χ1n) is 6.33. The topological polar surface area (TPSA) is 12.0 Å². The van der Waals surface area contributed by atoms with E-state index in [0.29, 0.717) is 0 Å². The van der Waals surface area contributed by atoms with Crippen molar-refractivity contribution < 1.29 is 0 Å². The maximum Gasteiger partial charge on any atom is 0.0579 e. The van der Waals surface area contributed by atoms with Crippen LogP contribution in [0.2, 0.25) is 5.02 Å². The highest BCUT2D eigenvalue weighted by atomic mass is 79.9. The monoisotopic (exact) mass is 365 g/mol. The molecule has 0 aliphatic carbocycles. The van der Waals surface area contributed by atoms with Crippen molar-refractivity contribution in [3.63, 3.8) is 0 Å². The molecule has 0 aliphatic heterocycles. The van der Waals surface area contributed by atoms with E-state index in [1.807, 2.05) is 29.5 Å². The van der Waals surface area contributed by atoms with Crippen molar-refractivity contribution in [3.05, 3.63) is 62.9 Å². The average Bonchev–Trinajstić information content (AvgIpc) is 2.86. The number of thiophene rings is 1. The van der Waals surface area contributed by atoms with Gasteiger partial charge in [0.15, 0.2) is 0 Å². The Morgan fingerprint density at radius 3 is 2.70 bits per heavy atom. The molecule has 0 spiro atoms. The molecule has 2 aromatic carbocycles. The normalized spacial score (nSPS) is 12.6. The van der Waals surface area contributed by atoms with Crippen LogP contribution in [0.5, 0.6) is 0 Å². The Hall–Kier alpha value is -1.03. The fourth-order valence-electron chi connectivity index (χ4n) is 2.13. The van der Waals surface area contributed by atoms with Crippen LogP contribution in [-0.4, -0.2) is 0 Å². The highest BCUT2D eigenvalue weighted by Crippen LogP contribution is 2.33. The van der Waals surface area contributed by atoms with E-state index in [9.17, 15) is 0 Å². The van der Waals surface area contributed by atoms with E-state index < -0.39 is 0 Å². The lowest BCUT2D eigenvalue weighted by Crippen LogP contribution is -2.05. The Kier molecular flexibility index (Phi) is 4.01. The van der Waals surface area contributed by atoms with E-state index in [0.717, 1.165) is 15.2 Å². The molecule has 3 aromatic rings. The lowest BCUT2D eigenvalue weighted by molar-refractivity contribution is 0.907. The van der Waals surface area contributed by atoms with Crippen LogP contribution in [-0.2, 0) is 0 Å². The summed E-state index contributed by atoms with van der Waals surface area (Å²) in [6.07, 6.45) is 0. The van der Waals surface area contributed by atoms with Crippen LogP contribution in [0.3, 0.4) is 0 Å². The zero-order valence-electron chi connectivity index (χ0n) is 10.9. The number of rotatable bonds is 3. The van der Waals surface area contributed by atoms with E-state index in [-0.39, 0.29) is 6.04 Å². The lowest BCUT2D eigenvalue weighted by Gasteiger charge is -2.15. The number of anilines is 1. The molecule has 0 aliphatic rings. The van der Waals surface area contributed by atoms with Crippen molar-refractivity contribution in [2.24, 2.45) is 0 Å². The molecule has 1 nitrogen and oxygen atoms in total. The standard InChI is InChI=1S/C16H13BrClNS/c1-10(19-14-7-6-12(18)9-13(14)17)16-8-11-4-2-3-5-15(11)20-16/h2-10,19H,1H3. The molecular formula is C16H13BrClNS. The average molecular weight is 367 g/mol. The van der Waals surface area contributed by atoms with Gasteiger partial charge in [0.05, 0.1) is 6.04 Å². The molecule has 0 radical (unpaired) electrons. The summed E-state index contributed by atoms with van der Waals surface area (Å²) in [7, 11) is 0. The third kappa shape index (κ3) is 2.85. The van der Waals surface area contributed by atoms with E-state index in [2.05, 4.69) is 58.5 Å². The molecule has 0 saturated heterocycles. The maximum absolute atomic E-state index is 5.97. The van der Waals surface area contributed by atoms with Crippen molar-refractivity contribution in [1.29, 1.82) is 0 Å². The van der Waals surface area contributed by atoms with Crippen LogP contribution in [0.15, 0.2) is 53.0 Å². The van der Waals surface area contributed by atoms with Gasteiger partial charge >= 0.3 is 0 Å². The van der Waals surface area contributed by atoms with Crippen molar-refractivity contribution in [2.45, 2.75) is 13.0 Å². The first-order valence-corrected chi connectivity index (χ1v) is 8.32. The number of nitrogens with one attached hydrogen (secondary N) is 1. The Balaban J connectivity index is 1.86. The number of fused-ring (bicyclic) bond motifs is 1. The van der Waals surface area contributed by atoms with Crippen molar-refractivity contribution >= 4 is 54.6 Å². The highest BCUT2D eigenvalue weighted by molar-refractivity contribution is 9.10. The second kappa shape index (κ2) is 5.76. The maximum atomic E-state index is 5.97. The third-order valence-electron chi connectivity index (χ3n) is 3.17. The van der Waals surface area contributed by atoms with Gasteiger partial charge in [-0.15, -0.1) is 11.3 Å². The van der Waals surface area contributed by atoms with E-state index in [1.54, 1.807) is 0 Å². The van der Waals surface area contributed by atoms with Crippen molar-refractivity contribution in [2.75, 3.05) is 5.32 Å². The molecule has 1 aromatic heterocycles. The summed E-state index contributed by atoms with van der Waals surface area (Å²) in [6.45, 7) is 2.17. The Morgan fingerprint density at radius 2 is 1.95 bits per heavy atom. The summed E-state index contributed by atoms with van der Waals surface area (Å²) in [5, 5.41) is 5.55. The lowest BCUT2D eigenvalue weighted by atomic mass is 10.2. The highest BCUT2D eigenvalue weighted by Gasteiger charge is 2.11. The van der Waals surface area contributed by atoms with Gasteiger partial charge in [0.25, 0.3) is 0 Å². The minimum absolute atomic E-state index is 0.255. The molecule has 0 amide bonds. The van der Waals surface area contributed by atoms with Gasteiger partial charge in [-0.2, -0.15) is 0 Å². The molecule has 4 heteroatoms. The van der Waals surface area contributed by atoms with Crippen molar-refractivity contribution in [1.82, 2.24) is 0 Å². The number of hydrogen-bond donors (Lipinski definition) is 1. The molecular weight excluding hydrogens is 354 g/mol. The zero-order chi connectivity index (χ0) is 14.1. The number of hydrogen-bond acceptors (Lipinski definition) is 2. The van der Waals surface area contributed by atoms with Gasteiger partial charge in [0.2, 0.25) is 0 Å². The fraction of sp³-hybridized carbons (Fsp3) is 0.125. The Bertz CT molecular complexity index is 720. The second-order valence-electron chi connectivity index (χ2n) is 4.68. The van der Waals surface area contributed by atoms with Crippen LogP contribution >= 0.6 is 38.9 Å². The third-order valence-corrected chi connectivity index (χ3v) is 5.36. The van der Waals surface area contributed by atoms with Gasteiger partial charge < -0.3 is 5.32 Å². The summed E-state index contributed by atoms with van der Waals surface area (Å²) >= 11 is 11.3. The smallest absolute Gasteiger partial charge is 0.0579 e. The van der Waals surface area contributed by atoms with Gasteiger partial charge in [0.1, 0.15) is 0 Å². The Labute approximate surface area is 135 Å². The van der Waals surface area contributed by atoms with Crippen LogP contribution in [0.4, 0.5) is 5.69 Å². The molecule has 0 fully saturated rings. The van der Waals surface area contributed by atoms with E-state index >= 15 is 0 Å². The molecule has 1 unspecified atom stereocenters. The minimum Gasteiger partial charge on any atom is -0.377 e. The summed E-state index contributed by atoms with van der Waals surface area (Å²) in [4.78, 5) is 1.33. The molecule has 3 rings (SSSR count). The second-order valence-corrected chi connectivity index (χ2v) is 7.08. The van der Waals surface area contributed by atoms with Crippen molar-refractivity contribution in [3.8, 4) is 0 Å². The fourth-order valence-corrected chi connectivity index (χ4v) is 3.99. The predicted molar refractivity (Wildman–Crippen MR) is 93.0 cm³/mol. The quantitative estimate of drug-likeness (QED) is 0.558. The van der Waals surface area contributed by atoms with Gasteiger partial charge in [-0.05, 0) is 58.6 Å². The molecule has 0 saturated carbocycles. The van der Waals surface area contributed by atoms with Crippen LogP contribution in [0, 0.1) is 0 Å². The predicted octanol–water partition coefficient (Wildman–Crippen LogP) is 6.49. The van der Waals surface area contributed by atoms with Gasteiger partial charge in [-0.1, -0.05) is 29.8 Å². The molecule has 1 heterocycles. The summed E-state index contributed by atoms with van der Waals surface area (Å²) in [5.41, 5.74) is 1.05. The van der Waals surface area contributed by atoms with Gasteiger partial charge in [0, 0.05) is 24.8 Å². The number of halogens is 2. The molecule has 1 N–H and O–H groups in total. The Morgan fingerprint density at radius 1 is 1.15 bits per heavy atom. The van der Waals surface area contributed by atoms with Gasteiger partial charge in [-0.3, -0.25) is 0 Å². The molecule has 20 heavy (non-hydrogen) atoms. The van der Waals surface area contributed by atoms with Crippen LogP contribution in [0.25, 0.3) is 10.1 Å². The first kappa shape index (κ1) is 13.9. The minimum atomic E-state index is 0.255. The summed E-state index contributed by atoms with van der Waals surface area (Å²) < 4.78 is 2.31. The van der Waals surface area contributed by atoms with Crippen LogP contribution < -0.4 is 5.32 Å². The molecule has 0 bridgehead atoms. The SMILES string of the molecule is CC(Nc1ccc(Cl)cc1Br)c1cc2ccccc2s1. The zero-order valence-corrected chi connectivity index (χ0v) is 14.0. The molecule has 1 atom stereocenters. The number of benzene rings is 2. The van der Waals surface area contributed by atoms with E-state index in [4.69, 9.17) is 11.6 Å². The van der Waals surface area contributed by atoms with E-state index in [1.165, 1.54) is 15.0 Å². The first-order chi connectivity index (χ1) is 9.63.